The smallest absolute Gasteiger partial charge is 0.255 e. The van der Waals surface area contributed by atoms with E-state index in [0.29, 0.717) is 39.7 Å². The molecule has 2 aromatic carbocycles. The lowest BCUT2D eigenvalue weighted by molar-refractivity contribution is 0.102. The Kier molecular flexibility index (Phi) is 3.42. The summed E-state index contributed by atoms with van der Waals surface area (Å²) >= 11 is 0. The third-order valence-electron chi connectivity index (χ3n) is 3.92. The number of hydrogen-bond donors (Lipinski definition) is 1. The van der Waals surface area contributed by atoms with Crippen molar-refractivity contribution in [2.45, 2.75) is 26.2 Å². The monoisotopic (exact) mass is 338 g/mol. The highest BCUT2D eigenvalue weighted by Gasteiger charge is 2.21. The Hall–Kier alpha value is -3.02. The third kappa shape index (κ3) is 2.91. The van der Waals surface area contributed by atoms with Crippen molar-refractivity contribution in [2.24, 2.45) is 0 Å². The second-order valence-electron chi connectivity index (χ2n) is 6.97. The van der Waals surface area contributed by atoms with E-state index in [2.05, 4.69) is 10.3 Å². The zero-order valence-electron chi connectivity index (χ0n) is 14.3. The fourth-order valence-corrected chi connectivity index (χ4v) is 2.57. The van der Waals surface area contributed by atoms with Crippen LogP contribution in [0.4, 0.5) is 5.69 Å². The maximum Gasteiger partial charge on any atom is 0.255 e. The fraction of sp³-hybridized carbons (Fsp3) is 0.263. The van der Waals surface area contributed by atoms with Crippen molar-refractivity contribution in [3.8, 4) is 11.5 Å². The maximum absolute atomic E-state index is 12.5. The average Bonchev–Trinajstić information content (AvgIpc) is 3.19. The summed E-state index contributed by atoms with van der Waals surface area (Å²) in [5.74, 6) is 1.67. The van der Waals surface area contributed by atoms with Crippen LogP contribution in [0.5, 0.6) is 11.5 Å². The van der Waals surface area contributed by atoms with Crippen molar-refractivity contribution in [2.75, 3.05) is 12.1 Å². The Bertz CT molecular complexity index is 969. The number of nitrogens with zero attached hydrogens (tertiary/aromatic N) is 1. The number of oxazole rings is 1. The zero-order chi connectivity index (χ0) is 17.6. The molecule has 1 N–H and O–H groups in total. The van der Waals surface area contributed by atoms with Crippen molar-refractivity contribution >= 4 is 22.7 Å². The standard InChI is InChI=1S/C19H18N2O4/c1-19(2,3)18-21-13-9-12(5-7-14(13)25-18)20-17(22)11-4-6-15-16(8-11)24-10-23-15/h4-9H,10H2,1-3H3,(H,20,22). The number of anilines is 1. The highest BCUT2D eigenvalue weighted by molar-refractivity contribution is 6.05. The molecule has 4 rings (SSSR count). The van der Waals surface area contributed by atoms with E-state index in [1.165, 1.54) is 0 Å². The molecule has 0 aliphatic carbocycles. The molecule has 0 unspecified atom stereocenters. The lowest BCUT2D eigenvalue weighted by atomic mass is 9.97. The normalized spacial score (nSPS) is 13.2. The van der Waals surface area contributed by atoms with Crippen molar-refractivity contribution < 1.29 is 18.7 Å². The van der Waals surface area contributed by atoms with Gasteiger partial charge in [0, 0.05) is 16.7 Å². The minimum atomic E-state index is -0.225. The van der Waals surface area contributed by atoms with Crippen LogP contribution in [0.15, 0.2) is 40.8 Å². The van der Waals surface area contributed by atoms with E-state index in [1.54, 1.807) is 30.3 Å². The van der Waals surface area contributed by atoms with Crippen molar-refractivity contribution in [1.29, 1.82) is 0 Å². The summed E-state index contributed by atoms with van der Waals surface area (Å²) in [6.07, 6.45) is 0. The van der Waals surface area contributed by atoms with Crippen LogP contribution in [0.3, 0.4) is 0 Å². The Balaban J connectivity index is 1.58. The molecule has 128 valence electrons. The molecule has 1 aliphatic rings. The summed E-state index contributed by atoms with van der Waals surface area (Å²) in [6, 6.07) is 10.5. The molecule has 1 aliphatic heterocycles. The summed E-state index contributed by atoms with van der Waals surface area (Å²) in [5.41, 5.74) is 2.40. The van der Waals surface area contributed by atoms with Gasteiger partial charge >= 0.3 is 0 Å². The van der Waals surface area contributed by atoms with E-state index in [-0.39, 0.29) is 18.1 Å². The van der Waals surface area contributed by atoms with Gasteiger partial charge in [-0.15, -0.1) is 0 Å². The average molecular weight is 338 g/mol. The Morgan fingerprint density at radius 2 is 1.88 bits per heavy atom. The number of hydrogen-bond acceptors (Lipinski definition) is 5. The van der Waals surface area contributed by atoms with Gasteiger partial charge in [-0.05, 0) is 36.4 Å². The summed E-state index contributed by atoms with van der Waals surface area (Å²) in [7, 11) is 0. The molecule has 0 saturated heterocycles. The quantitative estimate of drug-likeness (QED) is 0.761. The van der Waals surface area contributed by atoms with Gasteiger partial charge in [-0.1, -0.05) is 20.8 Å². The molecule has 0 spiro atoms. The number of carbonyl (C=O) groups excluding carboxylic acids is 1. The number of rotatable bonds is 2. The van der Waals surface area contributed by atoms with Gasteiger partial charge in [0.1, 0.15) is 5.52 Å². The first-order chi connectivity index (χ1) is 11.9. The molecule has 6 heteroatoms. The van der Waals surface area contributed by atoms with Gasteiger partial charge in [-0.25, -0.2) is 4.98 Å². The Morgan fingerprint density at radius 3 is 2.68 bits per heavy atom. The SMILES string of the molecule is CC(C)(C)c1nc2cc(NC(=O)c3ccc4c(c3)OCO4)ccc2o1. The molecule has 3 aromatic rings. The van der Waals surface area contributed by atoms with E-state index >= 15 is 0 Å². The largest absolute Gasteiger partial charge is 0.454 e. The second kappa shape index (κ2) is 5.51. The van der Waals surface area contributed by atoms with Gasteiger partial charge in [-0.3, -0.25) is 4.79 Å². The third-order valence-corrected chi connectivity index (χ3v) is 3.92. The van der Waals surface area contributed by atoms with Crippen molar-refractivity contribution in [3.63, 3.8) is 0 Å². The lowest BCUT2D eigenvalue weighted by Gasteiger charge is -2.11. The first-order valence-corrected chi connectivity index (χ1v) is 8.02. The minimum absolute atomic E-state index is 0.172. The minimum Gasteiger partial charge on any atom is -0.454 e. The lowest BCUT2D eigenvalue weighted by Crippen LogP contribution is -2.11. The number of aromatic nitrogens is 1. The van der Waals surface area contributed by atoms with Crippen LogP contribution in [0.2, 0.25) is 0 Å². The molecule has 1 amide bonds. The molecule has 0 saturated carbocycles. The highest BCUT2D eigenvalue weighted by Crippen LogP contribution is 2.33. The number of nitrogens with one attached hydrogen (secondary N) is 1. The summed E-state index contributed by atoms with van der Waals surface area (Å²) in [6.45, 7) is 6.31. The predicted molar refractivity (Wildman–Crippen MR) is 93.2 cm³/mol. The van der Waals surface area contributed by atoms with E-state index in [0.717, 1.165) is 0 Å². The Morgan fingerprint density at radius 1 is 1.08 bits per heavy atom. The molecular formula is C19H18N2O4. The van der Waals surface area contributed by atoms with E-state index in [9.17, 15) is 4.79 Å². The molecule has 0 atom stereocenters. The molecule has 1 aromatic heterocycles. The topological polar surface area (TPSA) is 73.6 Å². The number of amides is 1. The van der Waals surface area contributed by atoms with Crippen LogP contribution in [-0.2, 0) is 5.41 Å². The van der Waals surface area contributed by atoms with E-state index < -0.39 is 0 Å². The molecule has 25 heavy (non-hydrogen) atoms. The predicted octanol–water partition coefficient (Wildman–Crippen LogP) is 4.11. The van der Waals surface area contributed by atoms with Gasteiger partial charge < -0.3 is 19.2 Å². The van der Waals surface area contributed by atoms with Crippen LogP contribution >= 0.6 is 0 Å². The van der Waals surface area contributed by atoms with Gasteiger partial charge in [0.15, 0.2) is 17.1 Å². The molecule has 6 nitrogen and oxygen atoms in total. The van der Waals surface area contributed by atoms with Crippen molar-refractivity contribution in [3.05, 3.63) is 47.9 Å². The molecule has 2 heterocycles. The van der Waals surface area contributed by atoms with Crippen LogP contribution < -0.4 is 14.8 Å². The molecule has 0 radical (unpaired) electrons. The van der Waals surface area contributed by atoms with Gasteiger partial charge in [0.25, 0.3) is 5.91 Å². The van der Waals surface area contributed by atoms with Crippen LogP contribution in [0.25, 0.3) is 11.1 Å². The summed E-state index contributed by atoms with van der Waals surface area (Å²) in [4.78, 5) is 17.0. The number of benzene rings is 2. The molecule has 0 bridgehead atoms. The first-order valence-electron chi connectivity index (χ1n) is 8.02. The van der Waals surface area contributed by atoms with Crippen molar-refractivity contribution in [1.82, 2.24) is 4.98 Å². The highest BCUT2D eigenvalue weighted by atomic mass is 16.7. The van der Waals surface area contributed by atoms with E-state index in [1.807, 2.05) is 26.8 Å². The second-order valence-corrected chi connectivity index (χ2v) is 6.97. The maximum atomic E-state index is 12.5. The molecule has 0 fully saturated rings. The molecular weight excluding hydrogens is 320 g/mol. The number of carbonyl (C=O) groups is 1. The zero-order valence-corrected chi connectivity index (χ0v) is 14.3. The van der Waals surface area contributed by atoms with Gasteiger partial charge in [0.05, 0.1) is 0 Å². The van der Waals surface area contributed by atoms with Crippen LogP contribution in [-0.4, -0.2) is 17.7 Å². The summed E-state index contributed by atoms with van der Waals surface area (Å²) < 4.78 is 16.3. The van der Waals surface area contributed by atoms with Gasteiger partial charge in [0.2, 0.25) is 12.7 Å². The fourth-order valence-electron chi connectivity index (χ4n) is 2.57. The summed E-state index contributed by atoms with van der Waals surface area (Å²) in [5, 5.41) is 2.87. The van der Waals surface area contributed by atoms with E-state index in [4.69, 9.17) is 13.9 Å². The van der Waals surface area contributed by atoms with Crippen LogP contribution in [0, 0.1) is 0 Å². The Labute approximate surface area is 144 Å². The first kappa shape index (κ1) is 15.5. The van der Waals surface area contributed by atoms with Gasteiger partial charge in [-0.2, -0.15) is 0 Å². The number of ether oxygens (including phenoxy) is 2. The van der Waals surface area contributed by atoms with Crippen LogP contribution in [0.1, 0.15) is 37.0 Å². The number of fused-ring (bicyclic) bond motifs is 2.